The van der Waals surface area contributed by atoms with Crippen LogP contribution in [-0.2, 0) is 17.9 Å². The zero-order chi connectivity index (χ0) is 18.6. The molecule has 2 aromatic rings. The van der Waals surface area contributed by atoms with E-state index in [9.17, 15) is 4.79 Å². The molecule has 0 aliphatic carbocycles. The van der Waals surface area contributed by atoms with E-state index < -0.39 is 0 Å². The monoisotopic (exact) mass is 423 g/mol. The van der Waals surface area contributed by atoms with Crippen LogP contribution in [0.1, 0.15) is 30.4 Å². The largest absolute Gasteiger partial charge is 0.497 e. The van der Waals surface area contributed by atoms with E-state index >= 15 is 0 Å². The van der Waals surface area contributed by atoms with E-state index in [2.05, 4.69) is 20.1 Å². The van der Waals surface area contributed by atoms with Gasteiger partial charge in [-0.25, -0.2) is 0 Å². The molecule has 1 amide bonds. The molecule has 0 atom stereocenters. The van der Waals surface area contributed by atoms with Crippen molar-refractivity contribution in [3.05, 3.63) is 35.9 Å². The summed E-state index contributed by atoms with van der Waals surface area (Å²) in [6.45, 7) is 4.31. The number of benzene rings is 1. The average molecular weight is 424 g/mol. The van der Waals surface area contributed by atoms with E-state index in [-0.39, 0.29) is 18.3 Å². The van der Waals surface area contributed by atoms with E-state index in [1.807, 2.05) is 29.2 Å². The van der Waals surface area contributed by atoms with Gasteiger partial charge in [-0.2, -0.15) is 0 Å². The molecule has 4 rings (SSSR count). The van der Waals surface area contributed by atoms with Crippen LogP contribution in [0.2, 0.25) is 0 Å². The summed E-state index contributed by atoms with van der Waals surface area (Å²) in [5, 5.41) is 12.1. The summed E-state index contributed by atoms with van der Waals surface area (Å²) in [4.78, 5) is 15.6. The standard InChI is InChI=1S/C19H25N5O2S.ClH/c1-26-15-2-4-16(5-3-15)27-13-18(25)23-9-6-14(7-10-23)19-22-21-17-12-20-8-11-24(17)19;/h2-5,14,20H,6-13H2,1H3;1H. The number of amides is 1. The average Bonchev–Trinajstić information content (AvgIpc) is 3.16. The van der Waals surface area contributed by atoms with E-state index in [0.717, 1.165) is 67.9 Å². The molecule has 0 bridgehead atoms. The van der Waals surface area contributed by atoms with Crippen molar-refractivity contribution in [1.82, 2.24) is 25.0 Å². The Balaban J connectivity index is 0.00000225. The number of thioether (sulfide) groups is 1. The molecule has 9 heteroatoms. The topological polar surface area (TPSA) is 72.3 Å². The van der Waals surface area contributed by atoms with Crippen LogP contribution < -0.4 is 10.1 Å². The first kappa shape index (κ1) is 21.0. The highest BCUT2D eigenvalue weighted by molar-refractivity contribution is 8.00. The van der Waals surface area contributed by atoms with Gasteiger partial charge in [0.1, 0.15) is 17.4 Å². The molecule has 0 saturated carbocycles. The second-order valence-corrected chi connectivity index (χ2v) is 7.97. The lowest BCUT2D eigenvalue weighted by Crippen LogP contribution is -2.39. The van der Waals surface area contributed by atoms with Crippen LogP contribution in [0.5, 0.6) is 5.75 Å². The SMILES string of the molecule is COc1ccc(SCC(=O)N2CCC(c3nnc4n3CCNC4)CC2)cc1.Cl. The van der Waals surface area contributed by atoms with Crippen molar-refractivity contribution in [1.29, 1.82) is 0 Å². The second kappa shape index (κ2) is 9.62. The number of ether oxygens (including phenoxy) is 1. The number of carbonyl (C=O) groups excluding carboxylic acids is 1. The number of hydrogen-bond acceptors (Lipinski definition) is 6. The van der Waals surface area contributed by atoms with Gasteiger partial charge in [-0.3, -0.25) is 4.79 Å². The van der Waals surface area contributed by atoms with Crippen molar-refractivity contribution < 1.29 is 9.53 Å². The van der Waals surface area contributed by atoms with Gasteiger partial charge in [0.05, 0.1) is 19.4 Å². The molecule has 1 aromatic heterocycles. The quantitative estimate of drug-likeness (QED) is 0.744. The fourth-order valence-electron chi connectivity index (χ4n) is 3.71. The van der Waals surface area contributed by atoms with Crippen molar-refractivity contribution in [2.45, 2.75) is 36.7 Å². The summed E-state index contributed by atoms with van der Waals surface area (Å²) >= 11 is 1.58. The Morgan fingerprint density at radius 1 is 1.21 bits per heavy atom. The van der Waals surface area contributed by atoms with Gasteiger partial charge in [-0.1, -0.05) is 0 Å². The van der Waals surface area contributed by atoms with Crippen molar-refractivity contribution in [3.8, 4) is 5.75 Å². The number of piperidine rings is 1. The summed E-state index contributed by atoms with van der Waals surface area (Å²) in [5.41, 5.74) is 0. The number of hydrogen-bond donors (Lipinski definition) is 1. The predicted molar refractivity (Wildman–Crippen MR) is 111 cm³/mol. The predicted octanol–water partition coefficient (Wildman–Crippen LogP) is 2.31. The van der Waals surface area contributed by atoms with Gasteiger partial charge in [0.2, 0.25) is 5.91 Å². The summed E-state index contributed by atoms with van der Waals surface area (Å²) in [6, 6.07) is 7.83. The third kappa shape index (κ3) is 4.61. The van der Waals surface area contributed by atoms with Gasteiger partial charge < -0.3 is 19.5 Å². The number of carbonyl (C=O) groups is 1. The highest BCUT2D eigenvalue weighted by Crippen LogP contribution is 2.29. The van der Waals surface area contributed by atoms with E-state index in [1.165, 1.54) is 0 Å². The molecule has 152 valence electrons. The number of nitrogens with zero attached hydrogens (tertiary/aromatic N) is 4. The Morgan fingerprint density at radius 3 is 2.68 bits per heavy atom. The number of nitrogens with one attached hydrogen (secondary N) is 1. The lowest BCUT2D eigenvalue weighted by atomic mass is 9.95. The van der Waals surface area contributed by atoms with E-state index in [4.69, 9.17) is 4.74 Å². The molecule has 3 heterocycles. The van der Waals surface area contributed by atoms with Crippen LogP contribution in [0.3, 0.4) is 0 Å². The Hall–Kier alpha value is -1.77. The maximum absolute atomic E-state index is 12.6. The number of halogens is 1. The van der Waals surface area contributed by atoms with Gasteiger partial charge in [-0.15, -0.1) is 34.4 Å². The van der Waals surface area contributed by atoms with Crippen LogP contribution >= 0.6 is 24.2 Å². The molecule has 1 aromatic carbocycles. The maximum Gasteiger partial charge on any atom is 0.232 e. The third-order valence-electron chi connectivity index (χ3n) is 5.29. The van der Waals surface area contributed by atoms with Gasteiger partial charge in [0, 0.05) is 37.0 Å². The first-order chi connectivity index (χ1) is 13.2. The molecule has 7 nitrogen and oxygen atoms in total. The first-order valence-electron chi connectivity index (χ1n) is 9.42. The van der Waals surface area contributed by atoms with Crippen LogP contribution in [0.25, 0.3) is 0 Å². The van der Waals surface area contributed by atoms with Crippen molar-refractivity contribution in [3.63, 3.8) is 0 Å². The molecule has 2 aliphatic heterocycles. The Bertz CT molecular complexity index is 790. The molecule has 0 spiro atoms. The summed E-state index contributed by atoms with van der Waals surface area (Å²) in [6.07, 6.45) is 1.93. The van der Waals surface area contributed by atoms with Gasteiger partial charge in [0.25, 0.3) is 0 Å². The fraction of sp³-hybridized carbons (Fsp3) is 0.526. The fourth-order valence-corrected chi connectivity index (χ4v) is 4.51. The molecule has 1 fully saturated rings. The minimum atomic E-state index is 0. The van der Waals surface area contributed by atoms with Crippen molar-refractivity contribution >= 4 is 30.1 Å². The van der Waals surface area contributed by atoms with Crippen LogP contribution in [-0.4, -0.2) is 58.1 Å². The van der Waals surface area contributed by atoms with Crippen molar-refractivity contribution in [2.75, 3.05) is 32.5 Å². The molecule has 1 saturated heterocycles. The van der Waals surface area contributed by atoms with Crippen LogP contribution in [0, 0.1) is 0 Å². The molecule has 1 N–H and O–H groups in total. The molecule has 28 heavy (non-hydrogen) atoms. The van der Waals surface area contributed by atoms with Crippen LogP contribution in [0.15, 0.2) is 29.2 Å². The normalized spacial score (nSPS) is 17.0. The van der Waals surface area contributed by atoms with E-state index in [1.54, 1.807) is 18.9 Å². The maximum atomic E-state index is 12.6. The molecular weight excluding hydrogens is 398 g/mol. The van der Waals surface area contributed by atoms with Crippen molar-refractivity contribution in [2.24, 2.45) is 0 Å². The van der Waals surface area contributed by atoms with Gasteiger partial charge in [0.15, 0.2) is 0 Å². The van der Waals surface area contributed by atoms with Gasteiger partial charge >= 0.3 is 0 Å². The summed E-state index contributed by atoms with van der Waals surface area (Å²) < 4.78 is 7.43. The minimum absolute atomic E-state index is 0. The lowest BCUT2D eigenvalue weighted by Gasteiger charge is -2.32. The summed E-state index contributed by atoms with van der Waals surface area (Å²) in [7, 11) is 1.65. The first-order valence-corrected chi connectivity index (χ1v) is 10.4. The minimum Gasteiger partial charge on any atom is -0.497 e. The van der Waals surface area contributed by atoms with Gasteiger partial charge in [-0.05, 0) is 37.1 Å². The Labute approximate surface area is 175 Å². The molecule has 2 aliphatic rings. The molecule has 0 unspecified atom stereocenters. The van der Waals surface area contributed by atoms with E-state index in [0.29, 0.717) is 11.7 Å². The third-order valence-corrected chi connectivity index (χ3v) is 6.28. The molecular formula is C19H26ClN5O2S. The number of aromatic nitrogens is 3. The number of rotatable bonds is 5. The zero-order valence-electron chi connectivity index (χ0n) is 16.0. The lowest BCUT2D eigenvalue weighted by molar-refractivity contribution is -0.129. The smallest absolute Gasteiger partial charge is 0.232 e. The summed E-state index contributed by atoms with van der Waals surface area (Å²) in [5.74, 6) is 4.06. The van der Waals surface area contributed by atoms with Crippen LogP contribution in [0.4, 0.5) is 0 Å². The number of methoxy groups -OCH3 is 1. The Kier molecular flexibility index (Phi) is 7.20. The number of fused-ring (bicyclic) bond motifs is 1. The zero-order valence-corrected chi connectivity index (χ0v) is 17.6. The molecule has 0 radical (unpaired) electrons. The highest BCUT2D eigenvalue weighted by atomic mass is 35.5. The second-order valence-electron chi connectivity index (χ2n) is 6.92. The Morgan fingerprint density at radius 2 is 1.96 bits per heavy atom. The highest BCUT2D eigenvalue weighted by Gasteiger charge is 2.28. The number of likely N-dealkylation sites (tertiary alicyclic amines) is 1.